The van der Waals surface area contributed by atoms with E-state index in [-0.39, 0.29) is 11.6 Å². The molecule has 0 spiro atoms. The van der Waals surface area contributed by atoms with Gasteiger partial charge >= 0.3 is 0 Å². The Balaban J connectivity index is 1.31. The molecular weight excluding hydrogens is 527 g/mol. The van der Waals surface area contributed by atoms with Crippen molar-refractivity contribution in [2.75, 3.05) is 0 Å². The highest BCUT2D eigenvalue weighted by atomic mass is 32.1. The van der Waals surface area contributed by atoms with Crippen LogP contribution in [0.4, 0.5) is 8.78 Å². The second-order valence-corrected chi connectivity index (χ2v) is 13.1. The Hall–Kier alpha value is -3.16. The third-order valence-electron chi connectivity index (χ3n) is 6.64. The minimum Gasteiger partial charge on any atom is -0.206 e. The normalized spacial score (nSPS) is 12.2. The van der Waals surface area contributed by atoms with Crippen molar-refractivity contribution in [1.82, 2.24) is 0 Å². The Kier molecular flexibility index (Phi) is 4.47. The minimum atomic E-state index is -0.184. The smallest absolute Gasteiger partial charge is 0.131 e. The molecule has 0 bridgehead atoms. The van der Waals surface area contributed by atoms with E-state index in [0.29, 0.717) is 11.1 Å². The Morgan fingerprint density at radius 3 is 1.33 bits per heavy atom. The van der Waals surface area contributed by atoms with E-state index in [2.05, 4.69) is 36.4 Å². The maximum atomic E-state index is 14.4. The van der Waals surface area contributed by atoms with E-state index in [1.54, 1.807) is 34.8 Å². The molecule has 0 atom stereocenters. The first-order chi connectivity index (χ1) is 17.6. The van der Waals surface area contributed by atoms with Crippen LogP contribution in [-0.2, 0) is 0 Å². The van der Waals surface area contributed by atoms with E-state index in [1.165, 1.54) is 51.1 Å². The van der Waals surface area contributed by atoms with Gasteiger partial charge in [0, 0.05) is 50.5 Å². The number of rotatable bonds is 2. The highest BCUT2D eigenvalue weighted by Crippen LogP contribution is 2.48. The van der Waals surface area contributed by atoms with Crippen LogP contribution in [0.25, 0.3) is 70.6 Å². The van der Waals surface area contributed by atoms with Gasteiger partial charge in [-0.3, -0.25) is 0 Å². The third-order valence-corrected chi connectivity index (χ3v) is 11.4. The molecule has 0 N–H and O–H groups in total. The number of halogens is 2. The summed E-state index contributed by atoms with van der Waals surface area (Å²) < 4.78 is 36.2. The fourth-order valence-electron chi connectivity index (χ4n) is 4.92. The Morgan fingerprint density at radius 2 is 0.889 bits per heavy atom. The van der Waals surface area contributed by atoms with Crippen LogP contribution in [0.1, 0.15) is 0 Å². The summed E-state index contributed by atoms with van der Waals surface area (Å²) >= 11 is 6.92. The molecule has 6 heteroatoms. The Labute approximate surface area is 220 Å². The lowest BCUT2D eigenvalue weighted by atomic mass is 10.1. The Morgan fingerprint density at radius 1 is 0.444 bits per heavy atom. The third kappa shape index (κ3) is 3.05. The molecule has 0 amide bonds. The zero-order chi connectivity index (χ0) is 24.0. The average Bonchev–Trinajstić information content (AvgIpc) is 3.63. The fraction of sp³-hybridized carbons (Fsp3) is 0. The van der Waals surface area contributed by atoms with Crippen molar-refractivity contribution in [2.45, 2.75) is 0 Å². The van der Waals surface area contributed by atoms with Gasteiger partial charge in [0.15, 0.2) is 0 Å². The largest absolute Gasteiger partial charge is 0.206 e. The van der Waals surface area contributed by atoms with Gasteiger partial charge in [0.25, 0.3) is 0 Å². The molecule has 172 valence electrons. The van der Waals surface area contributed by atoms with Crippen molar-refractivity contribution in [3.05, 3.63) is 96.6 Å². The molecule has 8 aromatic rings. The number of hydrogen-bond donors (Lipinski definition) is 0. The molecule has 8 rings (SSSR count). The summed E-state index contributed by atoms with van der Waals surface area (Å²) in [6.07, 6.45) is 0. The zero-order valence-electron chi connectivity index (χ0n) is 18.5. The van der Waals surface area contributed by atoms with Crippen molar-refractivity contribution in [3.63, 3.8) is 0 Å². The second-order valence-electron chi connectivity index (χ2n) is 8.82. The topological polar surface area (TPSA) is 0 Å². The number of thiophene rings is 4. The van der Waals surface area contributed by atoms with E-state index in [4.69, 9.17) is 0 Å². The molecule has 0 aliphatic rings. The molecule has 36 heavy (non-hydrogen) atoms. The van der Waals surface area contributed by atoms with Crippen LogP contribution < -0.4 is 0 Å². The van der Waals surface area contributed by atoms with Gasteiger partial charge < -0.3 is 0 Å². The highest BCUT2D eigenvalue weighted by molar-refractivity contribution is 7.37. The first-order valence-electron chi connectivity index (χ1n) is 11.4. The molecule has 0 nitrogen and oxygen atoms in total. The summed E-state index contributed by atoms with van der Waals surface area (Å²) in [5.74, 6) is -0.369. The van der Waals surface area contributed by atoms with Gasteiger partial charge in [-0.05, 0) is 59.3 Å². The number of hydrogen-bond acceptors (Lipinski definition) is 4. The first kappa shape index (κ1) is 21.0. The maximum Gasteiger partial charge on any atom is 0.131 e. The molecule has 0 radical (unpaired) electrons. The lowest BCUT2D eigenvalue weighted by molar-refractivity contribution is 0.631. The molecule has 4 aromatic carbocycles. The van der Waals surface area contributed by atoms with Crippen molar-refractivity contribution < 1.29 is 8.78 Å². The van der Waals surface area contributed by atoms with Gasteiger partial charge in [0.2, 0.25) is 0 Å². The van der Waals surface area contributed by atoms with E-state index < -0.39 is 0 Å². The van der Waals surface area contributed by atoms with Gasteiger partial charge in [0.05, 0.1) is 9.40 Å². The van der Waals surface area contributed by atoms with E-state index in [0.717, 1.165) is 20.5 Å². The SMILES string of the molecule is Fc1ccccc1-c1cc2cc3c(cc2s1)sc1c2cc4cc(-c5ccccc5F)sc4cc2sc31. The fourth-order valence-corrected chi connectivity index (χ4v) is 9.96. The summed E-state index contributed by atoms with van der Waals surface area (Å²) in [5.41, 5.74) is 1.31. The van der Waals surface area contributed by atoms with Crippen LogP contribution in [0.5, 0.6) is 0 Å². The van der Waals surface area contributed by atoms with Gasteiger partial charge in [-0.2, -0.15) is 0 Å². The standard InChI is InChI=1S/C30H14F2S4/c31-21-7-3-1-5-17(21)25-11-15-9-19-27(13-23(15)33-25)35-30-20-10-16-12-26(18-6-2-4-8-22(18)32)34-24(16)14-28(20)36-29(19)30/h1-14H. The minimum absolute atomic E-state index is 0.184. The van der Waals surface area contributed by atoms with Crippen LogP contribution >= 0.6 is 45.3 Å². The molecule has 0 saturated carbocycles. The van der Waals surface area contributed by atoms with Gasteiger partial charge in [-0.1, -0.05) is 36.4 Å². The number of benzene rings is 4. The average molecular weight is 541 g/mol. The molecule has 0 fully saturated rings. The predicted octanol–water partition coefficient (Wildman–Crippen LogP) is 11.3. The highest BCUT2D eigenvalue weighted by Gasteiger charge is 2.17. The lowest BCUT2D eigenvalue weighted by Crippen LogP contribution is -1.78. The summed E-state index contributed by atoms with van der Waals surface area (Å²) in [7, 11) is 0. The van der Waals surface area contributed by atoms with Gasteiger partial charge in [0.1, 0.15) is 11.6 Å². The summed E-state index contributed by atoms with van der Waals surface area (Å²) in [4.78, 5) is 1.92. The molecular formula is C30H14F2S4. The molecule has 0 unspecified atom stereocenters. The van der Waals surface area contributed by atoms with Crippen molar-refractivity contribution in [1.29, 1.82) is 0 Å². The molecule has 0 aliphatic carbocycles. The zero-order valence-corrected chi connectivity index (χ0v) is 21.7. The summed E-state index contributed by atoms with van der Waals surface area (Å²) in [6, 6.07) is 27.2. The quantitative estimate of drug-likeness (QED) is 0.205. The Bertz CT molecular complexity index is 1980. The van der Waals surface area contributed by atoms with Gasteiger partial charge in [-0.15, -0.1) is 45.3 Å². The molecule has 4 heterocycles. The van der Waals surface area contributed by atoms with Gasteiger partial charge in [-0.25, -0.2) is 8.78 Å². The summed E-state index contributed by atoms with van der Waals surface area (Å²) in [6.45, 7) is 0. The summed E-state index contributed by atoms with van der Waals surface area (Å²) in [5, 5.41) is 4.82. The first-order valence-corrected chi connectivity index (χ1v) is 14.6. The van der Waals surface area contributed by atoms with Crippen LogP contribution in [0.15, 0.2) is 84.9 Å². The lowest BCUT2D eigenvalue weighted by Gasteiger charge is -1.97. The number of fused-ring (bicyclic) bond motifs is 7. The van der Waals surface area contributed by atoms with Crippen molar-refractivity contribution in [3.8, 4) is 20.9 Å². The van der Waals surface area contributed by atoms with Crippen molar-refractivity contribution in [2.24, 2.45) is 0 Å². The maximum absolute atomic E-state index is 14.4. The molecule has 0 saturated heterocycles. The van der Waals surface area contributed by atoms with E-state index >= 15 is 0 Å². The van der Waals surface area contributed by atoms with Crippen LogP contribution in [0, 0.1) is 11.6 Å². The van der Waals surface area contributed by atoms with Crippen LogP contribution in [0.3, 0.4) is 0 Å². The van der Waals surface area contributed by atoms with Crippen molar-refractivity contribution >= 4 is 95.1 Å². The van der Waals surface area contributed by atoms with E-state index in [1.807, 2.05) is 46.9 Å². The van der Waals surface area contributed by atoms with Crippen LogP contribution in [-0.4, -0.2) is 0 Å². The van der Waals surface area contributed by atoms with Crippen LogP contribution in [0.2, 0.25) is 0 Å². The predicted molar refractivity (Wildman–Crippen MR) is 156 cm³/mol. The molecule has 0 aliphatic heterocycles. The molecule has 4 aromatic heterocycles. The second kappa shape index (κ2) is 7.67. The van der Waals surface area contributed by atoms with E-state index in [9.17, 15) is 8.78 Å². The monoisotopic (exact) mass is 540 g/mol.